The molecule has 96 valence electrons. The van der Waals surface area contributed by atoms with Crippen LogP contribution in [0.4, 0.5) is 0 Å². The van der Waals surface area contributed by atoms with Gasteiger partial charge in [0.1, 0.15) is 5.78 Å². The van der Waals surface area contributed by atoms with Crippen LogP contribution in [0.1, 0.15) is 30.1 Å². The lowest BCUT2D eigenvalue weighted by atomic mass is 10.0. The van der Waals surface area contributed by atoms with Gasteiger partial charge in [0, 0.05) is 36.5 Å². The van der Waals surface area contributed by atoms with E-state index >= 15 is 0 Å². The van der Waals surface area contributed by atoms with Gasteiger partial charge in [0.15, 0.2) is 5.78 Å². The van der Waals surface area contributed by atoms with Crippen molar-refractivity contribution in [3.63, 3.8) is 0 Å². The van der Waals surface area contributed by atoms with Crippen molar-refractivity contribution in [3.05, 3.63) is 34.9 Å². The van der Waals surface area contributed by atoms with Crippen molar-refractivity contribution in [2.45, 2.75) is 25.8 Å². The van der Waals surface area contributed by atoms with E-state index in [0.717, 1.165) is 0 Å². The molecule has 1 atom stereocenters. The zero-order valence-electron chi connectivity index (χ0n) is 10.4. The van der Waals surface area contributed by atoms with Crippen LogP contribution in [-0.4, -0.2) is 35.6 Å². The third kappa shape index (κ3) is 2.98. The van der Waals surface area contributed by atoms with E-state index < -0.39 is 0 Å². The van der Waals surface area contributed by atoms with Crippen molar-refractivity contribution in [3.8, 4) is 0 Å². The lowest BCUT2D eigenvalue weighted by molar-refractivity contribution is -0.121. The van der Waals surface area contributed by atoms with Crippen LogP contribution in [0.5, 0.6) is 0 Å². The summed E-state index contributed by atoms with van der Waals surface area (Å²) >= 11 is 5.89. The molecule has 1 aromatic rings. The molecule has 0 saturated carbocycles. The zero-order chi connectivity index (χ0) is 13.1. The summed E-state index contributed by atoms with van der Waals surface area (Å²) in [5, 5.41) is 0.571. The summed E-state index contributed by atoms with van der Waals surface area (Å²) in [6.07, 6.45) is 1.10. The molecule has 0 radical (unpaired) electrons. The molecule has 3 nitrogen and oxygen atoms in total. The Morgan fingerprint density at radius 1 is 1.33 bits per heavy atom. The minimum Gasteiger partial charge on any atom is -0.300 e. The molecule has 1 aromatic carbocycles. The first-order chi connectivity index (χ1) is 8.58. The summed E-state index contributed by atoms with van der Waals surface area (Å²) in [7, 11) is 0. The number of likely N-dealkylation sites (tertiary alicyclic amines) is 1. The number of Topliss-reactive ketones (excluding diaryl/α,β-unsaturated/α-hetero) is 2. The van der Waals surface area contributed by atoms with Crippen molar-refractivity contribution < 1.29 is 9.59 Å². The fourth-order valence-electron chi connectivity index (χ4n) is 2.21. The second-order valence-corrected chi connectivity index (χ2v) is 5.06. The maximum absolute atomic E-state index is 12.3. The number of ketones is 2. The van der Waals surface area contributed by atoms with Gasteiger partial charge in [-0.25, -0.2) is 0 Å². The largest absolute Gasteiger partial charge is 0.300 e. The third-order valence-electron chi connectivity index (χ3n) is 3.39. The number of benzene rings is 1. The molecular weight excluding hydrogens is 250 g/mol. The van der Waals surface area contributed by atoms with E-state index in [9.17, 15) is 9.59 Å². The Morgan fingerprint density at radius 3 is 2.61 bits per heavy atom. The van der Waals surface area contributed by atoms with Gasteiger partial charge < -0.3 is 0 Å². The molecule has 0 aliphatic carbocycles. The molecule has 2 rings (SSSR count). The van der Waals surface area contributed by atoms with Gasteiger partial charge in [0.25, 0.3) is 0 Å². The number of halogens is 1. The van der Waals surface area contributed by atoms with Crippen LogP contribution in [0.3, 0.4) is 0 Å². The van der Waals surface area contributed by atoms with Crippen LogP contribution >= 0.6 is 11.6 Å². The standard InChI is InChI=1S/C14H16ClNO2/c1-10(16-7-5-13(17)6-8-16)14(18)11-3-2-4-12(15)9-11/h2-4,9-10H,5-8H2,1H3. The molecule has 0 amide bonds. The van der Waals surface area contributed by atoms with Crippen LogP contribution in [0, 0.1) is 0 Å². The lowest BCUT2D eigenvalue weighted by Crippen LogP contribution is -2.44. The second-order valence-electron chi connectivity index (χ2n) is 4.63. The number of nitrogens with zero attached hydrogens (tertiary/aromatic N) is 1. The molecule has 1 saturated heterocycles. The maximum atomic E-state index is 12.3. The Labute approximate surface area is 112 Å². The Balaban J connectivity index is 2.07. The van der Waals surface area contributed by atoms with Gasteiger partial charge >= 0.3 is 0 Å². The molecule has 0 bridgehead atoms. The van der Waals surface area contributed by atoms with Gasteiger partial charge in [-0.2, -0.15) is 0 Å². The number of piperidine rings is 1. The van der Waals surface area contributed by atoms with Gasteiger partial charge in [-0.05, 0) is 19.1 Å². The summed E-state index contributed by atoms with van der Waals surface area (Å²) in [5.74, 6) is 0.348. The van der Waals surface area contributed by atoms with E-state index in [-0.39, 0.29) is 17.6 Å². The predicted octanol–water partition coefficient (Wildman–Crippen LogP) is 2.58. The number of carbonyl (C=O) groups excluding carboxylic acids is 2. The average Bonchev–Trinajstić information content (AvgIpc) is 2.38. The smallest absolute Gasteiger partial charge is 0.179 e. The summed E-state index contributed by atoms with van der Waals surface area (Å²) in [5.41, 5.74) is 0.631. The van der Waals surface area contributed by atoms with Gasteiger partial charge in [-0.1, -0.05) is 23.7 Å². The van der Waals surface area contributed by atoms with E-state index in [4.69, 9.17) is 11.6 Å². The second kappa shape index (κ2) is 5.63. The summed E-state index contributed by atoms with van der Waals surface area (Å²) in [6.45, 7) is 3.23. The van der Waals surface area contributed by atoms with Crippen LogP contribution < -0.4 is 0 Å². The zero-order valence-corrected chi connectivity index (χ0v) is 11.1. The Bertz CT molecular complexity index is 463. The molecule has 0 aromatic heterocycles. The first-order valence-electron chi connectivity index (χ1n) is 6.13. The highest BCUT2D eigenvalue weighted by Crippen LogP contribution is 2.16. The maximum Gasteiger partial charge on any atom is 0.179 e. The molecule has 0 N–H and O–H groups in total. The van der Waals surface area contributed by atoms with Crippen molar-refractivity contribution in [2.24, 2.45) is 0 Å². The molecule has 1 aliphatic heterocycles. The number of hydrogen-bond donors (Lipinski definition) is 0. The summed E-state index contributed by atoms with van der Waals surface area (Å²) < 4.78 is 0. The number of carbonyl (C=O) groups is 2. The fraction of sp³-hybridized carbons (Fsp3) is 0.429. The highest BCUT2D eigenvalue weighted by Gasteiger charge is 2.26. The Kier molecular flexibility index (Phi) is 4.15. The topological polar surface area (TPSA) is 37.4 Å². The monoisotopic (exact) mass is 265 g/mol. The molecule has 1 unspecified atom stereocenters. The van der Waals surface area contributed by atoms with E-state index in [2.05, 4.69) is 4.90 Å². The highest BCUT2D eigenvalue weighted by atomic mass is 35.5. The Morgan fingerprint density at radius 2 is 2.00 bits per heavy atom. The third-order valence-corrected chi connectivity index (χ3v) is 3.63. The molecular formula is C14H16ClNO2. The first-order valence-corrected chi connectivity index (χ1v) is 6.51. The van der Waals surface area contributed by atoms with Crippen LogP contribution in [0.2, 0.25) is 5.02 Å². The normalized spacial score (nSPS) is 18.7. The first kappa shape index (κ1) is 13.2. The van der Waals surface area contributed by atoms with E-state index in [1.807, 2.05) is 6.92 Å². The quantitative estimate of drug-likeness (QED) is 0.789. The van der Waals surface area contributed by atoms with E-state index in [1.54, 1.807) is 24.3 Å². The number of hydrogen-bond acceptors (Lipinski definition) is 3. The predicted molar refractivity (Wildman–Crippen MR) is 71.1 cm³/mol. The molecule has 4 heteroatoms. The lowest BCUT2D eigenvalue weighted by Gasteiger charge is -2.30. The van der Waals surface area contributed by atoms with E-state index in [1.165, 1.54) is 0 Å². The fourth-order valence-corrected chi connectivity index (χ4v) is 2.40. The SMILES string of the molecule is CC(C(=O)c1cccc(Cl)c1)N1CCC(=O)CC1. The van der Waals surface area contributed by atoms with Crippen molar-refractivity contribution >= 4 is 23.2 Å². The van der Waals surface area contributed by atoms with Crippen molar-refractivity contribution in [1.29, 1.82) is 0 Å². The van der Waals surface area contributed by atoms with E-state index in [0.29, 0.717) is 36.5 Å². The highest BCUT2D eigenvalue weighted by molar-refractivity contribution is 6.31. The Hall–Kier alpha value is -1.19. The van der Waals surface area contributed by atoms with Crippen LogP contribution in [0.15, 0.2) is 24.3 Å². The van der Waals surface area contributed by atoms with Gasteiger partial charge in [0.2, 0.25) is 0 Å². The van der Waals surface area contributed by atoms with Gasteiger partial charge in [-0.15, -0.1) is 0 Å². The summed E-state index contributed by atoms with van der Waals surface area (Å²) in [6, 6.07) is 6.80. The van der Waals surface area contributed by atoms with Gasteiger partial charge in [0.05, 0.1) is 6.04 Å². The van der Waals surface area contributed by atoms with Gasteiger partial charge in [-0.3, -0.25) is 14.5 Å². The van der Waals surface area contributed by atoms with Crippen molar-refractivity contribution in [2.75, 3.05) is 13.1 Å². The van der Waals surface area contributed by atoms with Crippen molar-refractivity contribution in [1.82, 2.24) is 4.90 Å². The summed E-state index contributed by atoms with van der Waals surface area (Å²) in [4.78, 5) is 25.5. The molecule has 0 spiro atoms. The molecule has 1 fully saturated rings. The minimum absolute atomic E-state index is 0.0619. The van der Waals surface area contributed by atoms with Crippen LogP contribution in [0.25, 0.3) is 0 Å². The molecule has 1 aliphatic rings. The minimum atomic E-state index is -0.198. The molecule has 1 heterocycles. The van der Waals surface area contributed by atoms with Crippen LogP contribution in [-0.2, 0) is 4.79 Å². The average molecular weight is 266 g/mol. The molecule has 18 heavy (non-hydrogen) atoms. The number of rotatable bonds is 3.